The standard InChI is InChI=1S/C24H20ClN3OS/c1-16-15-20(24(30-16)28-23(29)18-7-3-2-4-8-18)22(17-10-12-19(25)13-11-17)27-21-9-5-6-14-26-21/h2-15,22H,1H3,(H,26,27)(H,28,29)/t22-/m1/s1. The first-order valence-corrected chi connectivity index (χ1v) is 10.7. The number of carbonyl (C=O) groups is 1. The molecule has 0 aliphatic heterocycles. The number of carbonyl (C=O) groups excluding carboxylic acids is 1. The van der Waals surface area contributed by atoms with Gasteiger partial charge in [0.05, 0.1) is 6.04 Å². The molecule has 0 saturated carbocycles. The molecule has 150 valence electrons. The third-order valence-electron chi connectivity index (χ3n) is 4.62. The van der Waals surface area contributed by atoms with Crippen molar-refractivity contribution < 1.29 is 4.79 Å². The van der Waals surface area contributed by atoms with Crippen LogP contribution in [0.4, 0.5) is 10.8 Å². The number of thiophene rings is 1. The number of amides is 1. The summed E-state index contributed by atoms with van der Waals surface area (Å²) in [5, 5.41) is 8.07. The zero-order valence-electron chi connectivity index (χ0n) is 16.3. The van der Waals surface area contributed by atoms with E-state index >= 15 is 0 Å². The van der Waals surface area contributed by atoms with Crippen LogP contribution in [0.3, 0.4) is 0 Å². The number of aromatic nitrogens is 1. The number of rotatable bonds is 6. The fraction of sp³-hybridized carbons (Fsp3) is 0.0833. The molecule has 2 N–H and O–H groups in total. The first-order valence-electron chi connectivity index (χ1n) is 9.50. The summed E-state index contributed by atoms with van der Waals surface area (Å²) < 4.78 is 0. The van der Waals surface area contributed by atoms with Gasteiger partial charge in [-0.25, -0.2) is 4.98 Å². The minimum Gasteiger partial charge on any atom is -0.359 e. The molecular formula is C24H20ClN3OS. The van der Waals surface area contributed by atoms with E-state index < -0.39 is 0 Å². The molecule has 4 nitrogen and oxygen atoms in total. The molecule has 0 spiro atoms. The molecule has 0 saturated heterocycles. The number of hydrogen-bond acceptors (Lipinski definition) is 4. The molecule has 0 aliphatic rings. The summed E-state index contributed by atoms with van der Waals surface area (Å²) in [5.74, 6) is 0.619. The third-order valence-corrected chi connectivity index (χ3v) is 5.85. The molecule has 2 aromatic carbocycles. The molecule has 0 fully saturated rings. The lowest BCUT2D eigenvalue weighted by Crippen LogP contribution is -2.17. The van der Waals surface area contributed by atoms with E-state index in [1.807, 2.05) is 67.6 Å². The first kappa shape index (κ1) is 20.1. The lowest BCUT2D eigenvalue weighted by molar-refractivity contribution is 0.102. The number of nitrogens with zero attached hydrogens (tertiary/aromatic N) is 1. The molecule has 0 bridgehead atoms. The van der Waals surface area contributed by atoms with E-state index in [9.17, 15) is 4.79 Å². The lowest BCUT2D eigenvalue weighted by atomic mass is 10.00. The average molecular weight is 434 g/mol. The summed E-state index contributed by atoms with van der Waals surface area (Å²) in [6, 6.07) is 24.5. The Morgan fingerprint density at radius 1 is 1.00 bits per heavy atom. The van der Waals surface area contributed by atoms with Crippen LogP contribution < -0.4 is 10.6 Å². The minimum absolute atomic E-state index is 0.133. The Balaban J connectivity index is 1.71. The molecular weight excluding hydrogens is 414 g/mol. The highest BCUT2D eigenvalue weighted by molar-refractivity contribution is 7.16. The summed E-state index contributed by atoms with van der Waals surface area (Å²) in [5.41, 5.74) is 2.63. The Morgan fingerprint density at radius 3 is 2.43 bits per heavy atom. The Morgan fingerprint density at radius 2 is 1.73 bits per heavy atom. The van der Waals surface area contributed by atoms with Gasteiger partial charge >= 0.3 is 0 Å². The average Bonchev–Trinajstić information content (AvgIpc) is 3.13. The number of halogens is 1. The van der Waals surface area contributed by atoms with Gasteiger partial charge in [-0.15, -0.1) is 11.3 Å². The van der Waals surface area contributed by atoms with Gasteiger partial charge in [-0.05, 0) is 55.0 Å². The van der Waals surface area contributed by atoms with E-state index in [-0.39, 0.29) is 11.9 Å². The van der Waals surface area contributed by atoms with E-state index in [1.165, 1.54) is 0 Å². The minimum atomic E-state index is -0.201. The van der Waals surface area contributed by atoms with Gasteiger partial charge in [-0.3, -0.25) is 4.79 Å². The van der Waals surface area contributed by atoms with E-state index in [0.29, 0.717) is 10.6 Å². The van der Waals surface area contributed by atoms with Gasteiger partial charge in [0.25, 0.3) is 5.91 Å². The number of pyridine rings is 1. The van der Waals surface area contributed by atoms with Crippen LogP contribution >= 0.6 is 22.9 Å². The normalized spacial score (nSPS) is 11.7. The summed E-state index contributed by atoms with van der Waals surface area (Å²) in [4.78, 5) is 18.3. The van der Waals surface area contributed by atoms with Crippen molar-refractivity contribution in [2.45, 2.75) is 13.0 Å². The van der Waals surface area contributed by atoms with Crippen molar-refractivity contribution in [2.75, 3.05) is 10.6 Å². The molecule has 1 amide bonds. The molecule has 4 aromatic rings. The Labute approximate surface area is 184 Å². The number of anilines is 2. The second-order valence-electron chi connectivity index (χ2n) is 6.81. The van der Waals surface area contributed by atoms with Gasteiger partial charge < -0.3 is 10.6 Å². The monoisotopic (exact) mass is 433 g/mol. The van der Waals surface area contributed by atoms with Crippen LogP contribution in [0.15, 0.2) is 85.1 Å². The molecule has 4 rings (SSSR count). The van der Waals surface area contributed by atoms with E-state index in [4.69, 9.17) is 11.6 Å². The van der Waals surface area contributed by atoms with Crippen LogP contribution in [0, 0.1) is 6.92 Å². The Hall–Kier alpha value is -3.15. The zero-order chi connectivity index (χ0) is 20.9. The molecule has 0 unspecified atom stereocenters. The van der Waals surface area contributed by atoms with Crippen molar-refractivity contribution in [3.63, 3.8) is 0 Å². The number of aryl methyl sites for hydroxylation is 1. The fourth-order valence-corrected chi connectivity index (χ4v) is 4.27. The maximum absolute atomic E-state index is 12.8. The molecule has 2 heterocycles. The highest BCUT2D eigenvalue weighted by Gasteiger charge is 2.22. The summed E-state index contributed by atoms with van der Waals surface area (Å²) in [6.07, 6.45) is 1.75. The van der Waals surface area contributed by atoms with Crippen molar-refractivity contribution in [3.05, 3.63) is 112 Å². The van der Waals surface area contributed by atoms with Crippen LogP contribution in [0.1, 0.15) is 32.4 Å². The quantitative estimate of drug-likeness (QED) is 0.362. The number of nitrogens with one attached hydrogen (secondary N) is 2. The highest BCUT2D eigenvalue weighted by atomic mass is 35.5. The number of hydrogen-bond donors (Lipinski definition) is 2. The summed E-state index contributed by atoms with van der Waals surface area (Å²) >= 11 is 7.66. The van der Waals surface area contributed by atoms with Crippen molar-refractivity contribution in [1.29, 1.82) is 0 Å². The molecule has 6 heteroatoms. The van der Waals surface area contributed by atoms with Crippen LogP contribution in [0.25, 0.3) is 0 Å². The van der Waals surface area contributed by atoms with Gasteiger partial charge in [-0.1, -0.05) is 48.0 Å². The largest absolute Gasteiger partial charge is 0.359 e. The van der Waals surface area contributed by atoms with Crippen molar-refractivity contribution in [1.82, 2.24) is 4.98 Å². The second kappa shape index (κ2) is 9.11. The zero-order valence-corrected chi connectivity index (χ0v) is 17.9. The topological polar surface area (TPSA) is 54.0 Å². The van der Waals surface area contributed by atoms with E-state index in [2.05, 4.69) is 21.7 Å². The van der Waals surface area contributed by atoms with Crippen LogP contribution in [0.2, 0.25) is 5.02 Å². The predicted octanol–water partition coefficient (Wildman–Crippen LogP) is 6.56. The number of benzene rings is 2. The fourth-order valence-electron chi connectivity index (χ4n) is 3.20. The van der Waals surface area contributed by atoms with E-state index in [0.717, 1.165) is 26.8 Å². The molecule has 30 heavy (non-hydrogen) atoms. The van der Waals surface area contributed by atoms with Gasteiger partial charge in [-0.2, -0.15) is 0 Å². The summed E-state index contributed by atoms with van der Waals surface area (Å²) in [6.45, 7) is 2.03. The molecule has 2 aromatic heterocycles. The van der Waals surface area contributed by atoms with Crippen molar-refractivity contribution in [2.24, 2.45) is 0 Å². The summed E-state index contributed by atoms with van der Waals surface area (Å²) in [7, 11) is 0. The van der Waals surface area contributed by atoms with Gasteiger partial charge in [0.2, 0.25) is 0 Å². The predicted molar refractivity (Wildman–Crippen MR) is 125 cm³/mol. The third kappa shape index (κ3) is 4.70. The van der Waals surface area contributed by atoms with Gasteiger partial charge in [0.15, 0.2) is 0 Å². The Bertz CT molecular complexity index is 1130. The van der Waals surface area contributed by atoms with Crippen LogP contribution in [-0.4, -0.2) is 10.9 Å². The van der Waals surface area contributed by atoms with Crippen molar-refractivity contribution >= 4 is 39.7 Å². The smallest absolute Gasteiger partial charge is 0.256 e. The SMILES string of the molecule is Cc1cc([C@H](Nc2ccccn2)c2ccc(Cl)cc2)c(NC(=O)c2ccccc2)s1. The Kier molecular flexibility index (Phi) is 6.12. The van der Waals surface area contributed by atoms with Gasteiger partial charge in [0.1, 0.15) is 10.8 Å². The highest BCUT2D eigenvalue weighted by Crippen LogP contribution is 2.37. The maximum atomic E-state index is 12.8. The molecule has 0 aliphatic carbocycles. The second-order valence-corrected chi connectivity index (χ2v) is 8.50. The van der Waals surface area contributed by atoms with Crippen molar-refractivity contribution in [3.8, 4) is 0 Å². The molecule has 1 atom stereocenters. The van der Waals surface area contributed by atoms with Crippen LogP contribution in [0.5, 0.6) is 0 Å². The van der Waals surface area contributed by atoms with Crippen LogP contribution in [-0.2, 0) is 0 Å². The first-order chi connectivity index (χ1) is 14.6. The van der Waals surface area contributed by atoms with E-state index in [1.54, 1.807) is 29.7 Å². The lowest BCUT2D eigenvalue weighted by Gasteiger charge is -2.21. The maximum Gasteiger partial charge on any atom is 0.256 e. The molecule has 0 radical (unpaired) electrons. The van der Waals surface area contributed by atoms with Gasteiger partial charge in [0, 0.05) is 27.2 Å².